The van der Waals surface area contributed by atoms with Crippen molar-refractivity contribution >= 4 is 50.2 Å². The van der Waals surface area contributed by atoms with Crippen molar-refractivity contribution in [2.45, 2.75) is 36.4 Å². The maximum Gasteiger partial charge on any atom is 0.393 e. The number of fused-ring (bicyclic) bond motifs is 2. The van der Waals surface area contributed by atoms with Crippen molar-refractivity contribution in [3.8, 4) is 6.07 Å². The predicted octanol–water partition coefficient (Wildman–Crippen LogP) is 6.73. The van der Waals surface area contributed by atoms with Crippen LogP contribution in [0.3, 0.4) is 0 Å². The van der Waals surface area contributed by atoms with Gasteiger partial charge in [0.1, 0.15) is 28.7 Å². The first-order valence-corrected chi connectivity index (χ1v) is 14.0. The Morgan fingerprint density at radius 3 is 2.72 bits per heavy atom. The molecule has 4 heterocycles. The van der Waals surface area contributed by atoms with Crippen molar-refractivity contribution in [1.82, 2.24) is 19.7 Å². The second-order valence-corrected chi connectivity index (χ2v) is 11.6. The van der Waals surface area contributed by atoms with Crippen molar-refractivity contribution in [3.05, 3.63) is 82.6 Å². The highest BCUT2D eigenvalue weighted by Crippen LogP contribution is 2.38. The number of halogens is 3. The average molecular weight is 565 g/mol. The van der Waals surface area contributed by atoms with Crippen molar-refractivity contribution < 1.29 is 13.2 Å². The lowest BCUT2D eigenvalue weighted by Crippen LogP contribution is -2.31. The number of thiophene rings is 1. The van der Waals surface area contributed by atoms with Crippen LogP contribution in [0.5, 0.6) is 0 Å². The maximum atomic E-state index is 13.1. The van der Waals surface area contributed by atoms with Crippen LogP contribution in [0.25, 0.3) is 21.1 Å². The number of H-pyrrole nitrogens is 1. The Labute approximate surface area is 231 Å². The second-order valence-electron chi connectivity index (χ2n) is 9.61. The number of nitrogens with zero attached hydrogens (tertiary/aromatic N) is 4. The van der Waals surface area contributed by atoms with Gasteiger partial charge in [-0.3, -0.25) is 4.72 Å². The number of aromatic amines is 1. The van der Waals surface area contributed by atoms with E-state index < -0.39 is 12.6 Å². The fourth-order valence-corrected chi connectivity index (χ4v) is 7.14. The highest BCUT2D eigenvalue weighted by atomic mass is 32.2. The summed E-state index contributed by atoms with van der Waals surface area (Å²) >= 11 is 2.62. The fourth-order valence-electron chi connectivity index (χ4n) is 5.20. The SMILES string of the molecule is Cc1c(SNC2CN(c3ncnc4sc(CC(F)(F)F)cc34)CC2c2ccccc2)ccc2[nH]c(C#N)cc12. The van der Waals surface area contributed by atoms with Gasteiger partial charge in [-0.15, -0.1) is 11.3 Å². The van der Waals surface area contributed by atoms with Gasteiger partial charge in [0.25, 0.3) is 0 Å². The van der Waals surface area contributed by atoms with Crippen LogP contribution in [-0.2, 0) is 6.42 Å². The van der Waals surface area contributed by atoms with Crippen LogP contribution in [0.4, 0.5) is 19.0 Å². The lowest BCUT2D eigenvalue weighted by atomic mass is 9.95. The molecule has 39 heavy (non-hydrogen) atoms. The standard InChI is InChI=1S/C28H23F3N6S2/c1-16-20-9-18(12-32)35-23(20)7-8-25(16)39-36-24-14-37(13-22(24)17-5-3-2-4-6-17)26-21-10-19(11-28(29,30)31)38-27(21)34-15-33-26/h2-10,15,22,24,35-36H,11,13-14H2,1H3. The molecule has 0 aliphatic carbocycles. The molecule has 11 heteroatoms. The maximum absolute atomic E-state index is 13.1. The Balaban J connectivity index is 1.29. The third-order valence-electron chi connectivity index (χ3n) is 7.05. The van der Waals surface area contributed by atoms with Gasteiger partial charge in [-0.05, 0) is 54.3 Å². The number of nitrogens with one attached hydrogen (secondary N) is 2. The van der Waals surface area contributed by atoms with Gasteiger partial charge in [0.2, 0.25) is 0 Å². The van der Waals surface area contributed by atoms with Gasteiger partial charge in [0, 0.05) is 45.7 Å². The molecule has 5 aromatic rings. The molecule has 1 saturated heterocycles. The molecule has 2 N–H and O–H groups in total. The molecule has 0 spiro atoms. The molecular weight excluding hydrogens is 541 g/mol. The number of nitriles is 1. The summed E-state index contributed by atoms with van der Waals surface area (Å²) in [6.07, 6.45) is -3.81. The van der Waals surface area contributed by atoms with E-state index in [-0.39, 0.29) is 16.8 Å². The molecule has 198 valence electrons. The smallest absolute Gasteiger partial charge is 0.354 e. The Hall–Kier alpha value is -3.59. The zero-order valence-electron chi connectivity index (χ0n) is 20.8. The van der Waals surface area contributed by atoms with E-state index in [9.17, 15) is 18.4 Å². The Morgan fingerprint density at radius 2 is 1.95 bits per heavy atom. The van der Waals surface area contributed by atoms with E-state index >= 15 is 0 Å². The molecule has 0 radical (unpaired) electrons. The summed E-state index contributed by atoms with van der Waals surface area (Å²) < 4.78 is 42.8. The molecule has 1 fully saturated rings. The number of aryl methyl sites for hydroxylation is 1. The summed E-state index contributed by atoms with van der Waals surface area (Å²) in [6.45, 7) is 3.34. The van der Waals surface area contributed by atoms with Crippen molar-refractivity contribution in [1.29, 1.82) is 5.26 Å². The normalized spacial score (nSPS) is 17.8. The first-order valence-electron chi connectivity index (χ1n) is 12.3. The number of hydrogen-bond acceptors (Lipinski definition) is 7. The molecule has 2 unspecified atom stereocenters. The van der Waals surface area contributed by atoms with Gasteiger partial charge in [-0.1, -0.05) is 30.3 Å². The highest BCUT2D eigenvalue weighted by molar-refractivity contribution is 7.97. The predicted molar refractivity (Wildman–Crippen MR) is 149 cm³/mol. The number of rotatable bonds is 6. The molecule has 0 amide bonds. The Bertz CT molecular complexity index is 1690. The summed E-state index contributed by atoms with van der Waals surface area (Å²) in [6, 6.07) is 19.9. The summed E-state index contributed by atoms with van der Waals surface area (Å²) in [5, 5.41) is 10.9. The van der Waals surface area contributed by atoms with E-state index in [0.717, 1.165) is 32.7 Å². The topological polar surface area (TPSA) is 80.6 Å². The molecule has 2 aromatic carbocycles. The Kier molecular flexibility index (Phi) is 6.71. The quantitative estimate of drug-likeness (QED) is 0.223. The zero-order valence-corrected chi connectivity index (χ0v) is 22.4. The monoisotopic (exact) mass is 564 g/mol. The van der Waals surface area contributed by atoms with Gasteiger partial charge in [0.05, 0.1) is 11.8 Å². The van der Waals surface area contributed by atoms with Crippen LogP contribution < -0.4 is 9.62 Å². The molecule has 1 aliphatic rings. The van der Waals surface area contributed by atoms with Crippen LogP contribution >= 0.6 is 23.3 Å². The minimum atomic E-state index is -4.27. The van der Waals surface area contributed by atoms with Gasteiger partial charge in [-0.25, -0.2) is 9.97 Å². The van der Waals surface area contributed by atoms with Crippen molar-refractivity contribution in [2.24, 2.45) is 0 Å². The van der Waals surface area contributed by atoms with Gasteiger partial charge in [-0.2, -0.15) is 18.4 Å². The van der Waals surface area contributed by atoms with Crippen LogP contribution in [0.1, 0.15) is 27.6 Å². The summed E-state index contributed by atoms with van der Waals surface area (Å²) in [5.74, 6) is 0.798. The molecule has 6 nitrogen and oxygen atoms in total. The van der Waals surface area contributed by atoms with Gasteiger partial charge < -0.3 is 9.88 Å². The minimum absolute atomic E-state index is 0.0479. The van der Waals surface area contributed by atoms with E-state index in [1.165, 1.54) is 11.9 Å². The lowest BCUT2D eigenvalue weighted by molar-refractivity contribution is -0.126. The Morgan fingerprint density at radius 1 is 1.13 bits per heavy atom. The molecule has 3 aromatic heterocycles. The van der Waals surface area contributed by atoms with Gasteiger partial charge >= 0.3 is 6.18 Å². The summed E-state index contributed by atoms with van der Waals surface area (Å²) in [4.78, 5) is 15.9. The lowest BCUT2D eigenvalue weighted by Gasteiger charge is -2.20. The highest BCUT2D eigenvalue weighted by Gasteiger charge is 2.36. The number of hydrogen-bond donors (Lipinski definition) is 2. The van der Waals surface area contributed by atoms with Crippen LogP contribution in [0, 0.1) is 18.3 Å². The third kappa shape index (κ3) is 5.20. The van der Waals surface area contributed by atoms with E-state index in [1.807, 2.05) is 43.3 Å². The molecule has 2 atom stereocenters. The zero-order chi connectivity index (χ0) is 27.1. The molecule has 0 saturated carbocycles. The third-order valence-corrected chi connectivity index (χ3v) is 9.17. The number of alkyl halides is 3. The van der Waals surface area contributed by atoms with E-state index in [1.54, 1.807) is 18.0 Å². The first kappa shape index (κ1) is 25.7. The molecule has 1 aliphatic heterocycles. The molecule has 0 bridgehead atoms. The summed E-state index contributed by atoms with van der Waals surface area (Å²) in [7, 11) is 0. The van der Waals surface area contributed by atoms with Crippen LogP contribution in [-0.4, -0.2) is 40.3 Å². The number of anilines is 1. The fraction of sp³-hybridized carbons (Fsp3) is 0.250. The molecular formula is C28H23F3N6S2. The molecule has 6 rings (SSSR count). The minimum Gasteiger partial charge on any atom is -0.354 e. The summed E-state index contributed by atoms with van der Waals surface area (Å²) in [5.41, 5.74) is 3.72. The van der Waals surface area contributed by atoms with E-state index in [4.69, 9.17) is 0 Å². The first-order chi connectivity index (χ1) is 18.8. The van der Waals surface area contributed by atoms with Crippen molar-refractivity contribution in [3.63, 3.8) is 0 Å². The van der Waals surface area contributed by atoms with Gasteiger partial charge in [0.15, 0.2) is 0 Å². The van der Waals surface area contributed by atoms with Crippen LogP contribution in [0.2, 0.25) is 0 Å². The average Bonchev–Trinajstić information content (AvgIpc) is 3.64. The number of aromatic nitrogens is 3. The number of benzene rings is 2. The van der Waals surface area contributed by atoms with Crippen molar-refractivity contribution in [2.75, 3.05) is 18.0 Å². The van der Waals surface area contributed by atoms with E-state index in [0.29, 0.717) is 34.8 Å². The van der Waals surface area contributed by atoms with E-state index in [2.05, 4.69) is 42.8 Å². The largest absolute Gasteiger partial charge is 0.393 e. The van der Waals surface area contributed by atoms with Crippen LogP contribution in [0.15, 0.2) is 65.8 Å². The second kappa shape index (κ2) is 10.2.